The van der Waals surface area contributed by atoms with E-state index < -0.39 is 68.8 Å². The molecule has 3 aromatic heterocycles. The summed E-state index contributed by atoms with van der Waals surface area (Å²) in [5, 5.41) is 23.3. The fraction of sp³-hybridized carbons (Fsp3) is 0.324. The van der Waals surface area contributed by atoms with Gasteiger partial charge in [0.25, 0.3) is 0 Å². The van der Waals surface area contributed by atoms with Gasteiger partial charge in [-0.2, -0.15) is 18.9 Å². The fourth-order valence-corrected chi connectivity index (χ4v) is 7.25. The highest BCUT2D eigenvalue weighted by atomic mass is 31.2. The van der Waals surface area contributed by atoms with E-state index in [1.54, 1.807) is 42.5 Å². The van der Waals surface area contributed by atoms with E-state index >= 15 is 8.78 Å². The zero-order valence-corrected chi connectivity index (χ0v) is 30.8. The molecule has 0 radical (unpaired) electrons. The summed E-state index contributed by atoms with van der Waals surface area (Å²) >= 11 is 0. The lowest BCUT2D eigenvalue weighted by molar-refractivity contribution is -0.147. The molecule has 1 saturated heterocycles. The lowest BCUT2D eigenvalue weighted by Gasteiger charge is -2.24. The number of benzene rings is 2. The van der Waals surface area contributed by atoms with Gasteiger partial charge in [0, 0.05) is 23.3 Å². The fourth-order valence-electron chi connectivity index (χ4n) is 5.76. The number of halogens is 2. The van der Waals surface area contributed by atoms with Crippen molar-refractivity contribution >= 4 is 30.7 Å². The minimum Gasteiger partial charge on any atom is -0.460 e. The van der Waals surface area contributed by atoms with Gasteiger partial charge in [-0.15, -0.1) is 0 Å². The Morgan fingerprint density at radius 3 is 2.59 bits per heavy atom. The molecule has 4 heterocycles. The number of rotatable bonds is 16. The number of esters is 2. The summed E-state index contributed by atoms with van der Waals surface area (Å²) in [7, 11) is -4.60. The van der Waals surface area contributed by atoms with Crippen molar-refractivity contribution in [2.24, 2.45) is 0 Å². The summed E-state index contributed by atoms with van der Waals surface area (Å²) in [6.45, 7) is 1.63. The average molecular weight is 799 g/mol. The third-order valence-corrected chi connectivity index (χ3v) is 10.1. The molecule has 16 nitrogen and oxygen atoms in total. The van der Waals surface area contributed by atoms with Gasteiger partial charge in [0.2, 0.25) is 6.23 Å². The highest BCUT2D eigenvalue weighted by molar-refractivity contribution is 7.52. The number of alkyl halides is 2. The number of aryl methyl sites for hydroxylation is 1. The van der Waals surface area contributed by atoms with Crippen LogP contribution in [0.2, 0.25) is 0 Å². The number of ether oxygens (including phenoxy) is 3. The Kier molecular flexibility index (Phi) is 12.4. The summed E-state index contributed by atoms with van der Waals surface area (Å²) in [6.07, 6.45) is -3.77. The van der Waals surface area contributed by atoms with Gasteiger partial charge in [0.05, 0.1) is 31.5 Å². The van der Waals surface area contributed by atoms with Crippen LogP contribution in [0.1, 0.15) is 41.3 Å². The van der Waals surface area contributed by atoms with Crippen molar-refractivity contribution in [3.63, 3.8) is 0 Å². The lowest BCUT2D eigenvalue weighted by atomic mass is 10.1. The van der Waals surface area contributed by atoms with Crippen LogP contribution in [0.3, 0.4) is 0 Å². The van der Waals surface area contributed by atoms with E-state index in [4.69, 9.17) is 27.7 Å². The van der Waals surface area contributed by atoms with Crippen LogP contribution >= 0.6 is 7.75 Å². The molecule has 3 N–H and O–H groups in total. The molecule has 0 aliphatic carbocycles. The Morgan fingerprint density at radius 1 is 1.09 bits per heavy atom. The number of furan rings is 1. The minimum absolute atomic E-state index is 0.0629. The van der Waals surface area contributed by atoms with E-state index in [9.17, 15) is 29.2 Å². The molecule has 0 bridgehead atoms. The Labute approximate surface area is 317 Å². The number of aliphatic hydroxyl groups excluding tert-OH is 2. The van der Waals surface area contributed by atoms with Crippen LogP contribution in [0, 0.1) is 6.92 Å². The zero-order chi connectivity index (χ0) is 40.0. The molecule has 56 heavy (non-hydrogen) atoms. The number of pyridine rings is 1. The van der Waals surface area contributed by atoms with Crippen LogP contribution in [0.15, 0.2) is 94.5 Å². The second-order valence-corrected chi connectivity index (χ2v) is 14.5. The van der Waals surface area contributed by atoms with Crippen molar-refractivity contribution in [1.82, 2.24) is 19.6 Å². The number of aliphatic hydroxyl groups is 2. The first-order valence-corrected chi connectivity index (χ1v) is 18.7. The first kappa shape index (κ1) is 40.3. The molecule has 1 aliphatic rings. The van der Waals surface area contributed by atoms with Gasteiger partial charge in [-0.3, -0.25) is 23.7 Å². The van der Waals surface area contributed by atoms with Gasteiger partial charge in [0.1, 0.15) is 42.5 Å². The molecule has 0 saturated carbocycles. The van der Waals surface area contributed by atoms with Crippen LogP contribution in [0.25, 0.3) is 11.0 Å². The Balaban J connectivity index is 1.08. The number of nitrogens with one attached hydrogen (secondary N) is 1. The monoisotopic (exact) mass is 798 g/mol. The summed E-state index contributed by atoms with van der Waals surface area (Å²) in [4.78, 5) is 45.8. The van der Waals surface area contributed by atoms with Gasteiger partial charge in [-0.05, 0) is 55.3 Å². The molecular formula is C37H37F2N4O12P. The largest absolute Gasteiger partial charge is 0.460 e. The van der Waals surface area contributed by atoms with Crippen molar-refractivity contribution in [2.75, 3.05) is 6.61 Å². The minimum atomic E-state index is -4.60. The Morgan fingerprint density at radius 2 is 1.88 bits per heavy atom. The van der Waals surface area contributed by atoms with E-state index in [1.165, 1.54) is 31.5 Å². The van der Waals surface area contributed by atoms with Crippen molar-refractivity contribution in [2.45, 2.75) is 70.5 Å². The normalized spacial score (nSPS) is 19.3. The molecule has 5 aromatic rings. The Bertz CT molecular complexity index is 2270. The first-order chi connectivity index (χ1) is 26.7. The number of nitrogens with zero attached hydrogens (tertiary/aromatic N) is 3. The standard InChI is InChI=1S/C37H37F2N4O12P/c1-22-13-25-15-29(53-32(25)26(14-22)18-44)20-50-31(45)16-27-10-12-43(36(48)41-27)35-37(38,39)33(46)30(54-35)21-52-56(49,55-28-9-6-11-40-17-28)42-23(2)34(47)51-19-24-7-4-3-5-8-24/h3-15,17,23,30,33,35,44,46H,16,18-21H2,1-2H3,(H,42,49)/t23-,30+,33+,35+,56?/m0/s1. The van der Waals surface area contributed by atoms with E-state index in [2.05, 4.69) is 15.1 Å². The van der Waals surface area contributed by atoms with Gasteiger partial charge in [-0.1, -0.05) is 36.4 Å². The predicted molar refractivity (Wildman–Crippen MR) is 191 cm³/mol. The van der Waals surface area contributed by atoms with Gasteiger partial charge in [-0.25, -0.2) is 9.36 Å². The molecule has 0 amide bonds. The smallest absolute Gasteiger partial charge is 0.459 e. The van der Waals surface area contributed by atoms with Crippen LogP contribution in [0.5, 0.6) is 5.75 Å². The average Bonchev–Trinajstić information content (AvgIpc) is 3.69. The molecule has 19 heteroatoms. The number of hydrogen-bond acceptors (Lipinski definition) is 14. The van der Waals surface area contributed by atoms with Gasteiger partial charge in [0.15, 0.2) is 6.10 Å². The van der Waals surface area contributed by atoms with Crippen LogP contribution in [-0.2, 0) is 59.1 Å². The van der Waals surface area contributed by atoms with Crippen molar-refractivity contribution in [3.8, 4) is 5.75 Å². The zero-order valence-electron chi connectivity index (χ0n) is 29.9. The maximum atomic E-state index is 15.4. The summed E-state index contributed by atoms with van der Waals surface area (Å²) in [5.74, 6) is -5.47. The van der Waals surface area contributed by atoms with Crippen molar-refractivity contribution in [1.29, 1.82) is 0 Å². The van der Waals surface area contributed by atoms with E-state index in [1.807, 2.05) is 13.0 Å². The lowest BCUT2D eigenvalue weighted by Crippen LogP contribution is -2.42. The summed E-state index contributed by atoms with van der Waals surface area (Å²) in [6, 6.07) is 16.7. The molecule has 2 aromatic carbocycles. The maximum absolute atomic E-state index is 15.4. The first-order valence-electron chi connectivity index (χ1n) is 17.1. The van der Waals surface area contributed by atoms with Crippen LogP contribution < -0.4 is 15.3 Å². The number of carbonyl (C=O) groups excluding carboxylic acids is 2. The van der Waals surface area contributed by atoms with Gasteiger partial charge < -0.3 is 33.4 Å². The second-order valence-electron chi connectivity index (χ2n) is 12.8. The highest BCUT2D eigenvalue weighted by Gasteiger charge is 2.60. The molecule has 296 valence electrons. The number of aromatic nitrogens is 3. The molecular weight excluding hydrogens is 761 g/mol. The van der Waals surface area contributed by atoms with Crippen molar-refractivity contribution in [3.05, 3.63) is 124 Å². The summed E-state index contributed by atoms with van der Waals surface area (Å²) in [5.41, 5.74) is 1.29. The highest BCUT2D eigenvalue weighted by Crippen LogP contribution is 2.48. The van der Waals surface area contributed by atoms with Crippen LogP contribution in [-0.4, -0.2) is 67.5 Å². The van der Waals surface area contributed by atoms with E-state index in [0.717, 1.165) is 17.8 Å². The molecule has 0 spiro atoms. The number of hydrogen-bond donors (Lipinski definition) is 3. The third-order valence-electron chi connectivity index (χ3n) is 8.48. The SMILES string of the molecule is Cc1cc(CO)c2oc(COC(=O)Cc3ccn([C@@H]4O[C@H](COP(=O)(N[C@@H](C)C(=O)OCc5ccccc5)Oc5cccnc5)[C@@H](O)C4(F)F)c(=O)n3)cc2c1. The summed E-state index contributed by atoms with van der Waals surface area (Å²) < 4.78 is 77.8. The molecule has 6 rings (SSSR count). The van der Waals surface area contributed by atoms with Crippen molar-refractivity contribution < 1.29 is 60.8 Å². The van der Waals surface area contributed by atoms with Crippen LogP contribution in [0.4, 0.5) is 8.78 Å². The Hall–Kier alpha value is -5.36. The topological polar surface area (TPSA) is 211 Å². The van der Waals surface area contributed by atoms with E-state index in [-0.39, 0.29) is 31.3 Å². The number of carbonyl (C=O) groups is 2. The molecule has 5 atom stereocenters. The van der Waals surface area contributed by atoms with E-state index in [0.29, 0.717) is 32.4 Å². The predicted octanol–water partition coefficient (Wildman–Crippen LogP) is 4.29. The third kappa shape index (κ3) is 9.53. The second kappa shape index (κ2) is 17.2. The molecule has 1 unspecified atom stereocenters. The molecule has 1 fully saturated rings. The van der Waals surface area contributed by atoms with Gasteiger partial charge >= 0.3 is 31.3 Å². The number of fused-ring (bicyclic) bond motifs is 1. The molecule has 1 aliphatic heterocycles. The quantitative estimate of drug-likeness (QED) is 0.0939. The maximum Gasteiger partial charge on any atom is 0.459 e.